The number of hydrogen-bond donors (Lipinski definition) is 0. The van der Waals surface area contributed by atoms with E-state index in [1.165, 1.54) is 0 Å². The standard InChI is InChI=1S/C2H3O.BrH.Mg/c1-2-3;;/h2H,1H2;1H;/q;;+1/p-1. The minimum absolute atomic E-state index is 0.142. The highest BCUT2D eigenvalue weighted by Gasteiger charge is 1.80. The van der Waals surface area contributed by atoms with Gasteiger partial charge in [-0.25, -0.2) is 0 Å². The van der Waals surface area contributed by atoms with Gasteiger partial charge in [0.25, 0.3) is 0 Å². The molecular formula is C2H3BrMgO. The Labute approximate surface area is 46.7 Å². The zero-order valence-corrected chi connectivity index (χ0v) is 5.78. The Morgan fingerprint density at radius 3 is 2.60 bits per heavy atom. The third-order valence-corrected chi connectivity index (χ3v) is 2.05. The van der Waals surface area contributed by atoms with E-state index in [0.29, 0.717) is 0 Å². The van der Waals surface area contributed by atoms with Crippen LogP contribution in [0, 0.1) is 0 Å². The molecule has 0 radical (unpaired) electrons. The molecule has 0 aromatic carbocycles. The van der Waals surface area contributed by atoms with Gasteiger partial charge in [0, 0.05) is 0 Å². The van der Waals surface area contributed by atoms with Crippen LogP contribution in [0.1, 0.15) is 0 Å². The summed E-state index contributed by atoms with van der Waals surface area (Å²) in [4.78, 5) is 9.41. The molecule has 0 aromatic heterocycles. The first-order valence-corrected chi connectivity index (χ1v) is 6.31. The summed E-state index contributed by atoms with van der Waals surface area (Å²) in [5.41, 5.74) is 0. The topological polar surface area (TPSA) is 17.1 Å². The molecule has 0 aromatic rings. The summed E-state index contributed by atoms with van der Waals surface area (Å²) >= 11 is 3.08. The van der Waals surface area contributed by atoms with E-state index < -0.39 is 0 Å². The van der Waals surface area contributed by atoms with Crippen molar-refractivity contribution in [2.45, 2.75) is 4.55 Å². The molecular weight excluding hydrogens is 144 g/mol. The Bertz CT molecular complexity index is 30.8. The molecule has 26 valence electrons. The van der Waals surface area contributed by atoms with E-state index in [9.17, 15) is 4.79 Å². The maximum atomic E-state index is 9.41. The first-order chi connectivity index (χ1) is 2.41. The minimum Gasteiger partial charge on any atom is -0.306 e. The SMILES string of the molecule is O=C[CH2][Mg][Br]. The van der Waals surface area contributed by atoms with E-state index in [1.54, 1.807) is 0 Å². The zero-order valence-electron chi connectivity index (χ0n) is 2.78. The van der Waals surface area contributed by atoms with Gasteiger partial charge in [0.15, 0.2) is 0 Å². The van der Waals surface area contributed by atoms with Crippen molar-refractivity contribution in [3.63, 3.8) is 0 Å². The Kier molecular flexibility index (Phi) is 5.82. The van der Waals surface area contributed by atoms with Gasteiger partial charge in [-0.3, -0.25) is 0 Å². The molecule has 1 nitrogen and oxygen atoms in total. The summed E-state index contributed by atoms with van der Waals surface area (Å²) < 4.78 is 0.764. The molecule has 0 aliphatic rings. The van der Waals surface area contributed by atoms with Crippen molar-refractivity contribution in [1.29, 1.82) is 0 Å². The number of halogens is 1. The molecule has 0 heterocycles. The molecule has 0 aliphatic heterocycles. The van der Waals surface area contributed by atoms with Crippen LogP contribution in [-0.4, -0.2) is 24.5 Å². The van der Waals surface area contributed by atoms with Crippen molar-refractivity contribution >= 4 is 37.4 Å². The number of aldehydes is 1. The number of carbonyl (C=O) groups is 1. The zero-order chi connectivity index (χ0) is 4.12. The first kappa shape index (κ1) is 5.92. The van der Waals surface area contributed by atoms with Gasteiger partial charge in [-0.05, 0) is 0 Å². The highest BCUT2D eigenvalue weighted by Crippen LogP contribution is 1.75. The lowest BCUT2D eigenvalue weighted by atomic mass is 10.9. The highest BCUT2D eigenvalue weighted by atomic mass is 79.9. The molecule has 0 unspecified atom stereocenters. The third-order valence-electron chi connectivity index (χ3n) is 0.227. The van der Waals surface area contributed by atoms with Gasteiger partial charge in [-0.1, -0.05) is 4.55 Å². The molecule has 0 saturated carbocycles. The second kappa shape index (κ2) is 4.92. The van der Waals surface area contributed by atoms with Gasteiger partial charge in [-0.2, -0.15) is 0 Å². The number of hydrogen-bond acceptors (Lipinski definition) is 1. The summed E-state index contributed by atoms with van der Waals surface area (Å²) in [7, 11) is 0. The molecule has 0 aliphatic carbocycles. The molecule has 0 N–H and O–H groups in total. The van der Waals surface area contributed by atoms with Crippen LogP contribution in [0.4, 0.5) is 0 Å². The summed E-state index contributed by atoms with van der Waals surface area (Å²) in [6, 6.07) is 0. The molecule has 5 heavy (non-hydrogen) atoms. The minimum atomic E-state index is -0.142. The van der Waals surface area contributed by atoms with Crippen LogP contribution in [-0.2, 0) is 4.79 Å². The van der Waals surface area contributed by atoms with Crippen LogP contribution in [0.2, 0.25) is 4.55 Å². The van der Waals surface area contributed by atoms with Gasteiger partial charge in [-0.15, -0.1) is 0 Å². The van der Waals surface area contributed by atoms with Gasteiger partial charge in [0.1, 0.15) is 0 Å². The summed E-state index contributed by atoms with van der Waals surface area (Å²) in [5.74, 6) is 0. The number of carbonyl (C=O) groups excluding carboxylic acids is 1. The first-order valence-electron chi connectivity index (χ1n) is 1.41. The van der Waals surface area contributed by atoms with Crippen molar-refractivity contribution in [2.24, 2.45) is 0 Å². The van der Waals surface area contributed by atoms with Gasteiger partial charge >= 0.3 is 18.2 Å². The van der Waals surface area contributed by atoms with Gasteiger partial charge in [0.2, 0.25) is 0 Å². The van der Waals surface area contributed by atoms with E-state index in [1.807, 2.05) is 0 Å². The maximum Gasteiger partial charge on any atom is 0.476 e. The van der Waals surface area contributed by atoms with Gasteiger partial charge in [0.05, 0.1) is 6.29 Å². The van der Waals surface area contributed by atoms with Crippen LogP contribution in [0.3, 0.4) is 0 Å². The van der Waals surface area contributed by atoms with E-state index in [4.69, 9.17) is 0 Å². The quantitative estimate of drug-likeness (QED) is 0.413. The summed E-state index contributed by atoms with van der Waals surface area (Å²) in [6.07, 6.45) is 0.945. The molecule has 0 rings (SSSR count). The van der Waals surface area contributed by atoms with Crippen molar-refractivity contribution in [3.05, 3.63) is 0 Å². The Balaban J connectivity index is 2.40. The third kappa shape index (κ3) is 4.92. The fourth-order valence-electron chi connectivity index (χ4n) is 0.0445. The smallest absolute Gasteiger partial charge is 0.306 e. The largest absolute Gasteiger partial charge is 0.476 e. The van der Waals surface area contributed by atoms with Crippen LogP contribution in [0.25, 0.3) is 0 Å². The van der Waals surface area contributed by atoms with E-state index in [0.717, 1.165) is 10.8 Å². The average molecular weight is 147 g/mol. The fraction of sp³-hybridized carbons (Fsp3) is 0.500. The van der Waals surface area contributed by atoms with E-state index in [-0.39, 0.29) is 18.2 Å². The molecule has 3 heteroatoms. The Morgan fingerprint density at radius 2 is 2.60 bits per heavy atom. The molecule has 0 spiro atoms. The van der Waals surface area contributed by atoms with Crippen molar-refractivity contribution in [3.8, 4) is 0 Å². The van der Waals surface area contributed by atoms with Crippen molar-refractivity contribution in [1.82, 2.24) is 0 Å². The Morgan fingerprint density at radius 1 is 2.00 bits per heavy atom. The Hall–Kier alpha value is 0.916. The lowest BCUT2D eigenvalue weighted by molar-refractivity contribution is -0.106. The van der Waals surface area contributed by atoms with Gasteiger partial charge < -0.3 is 17.7 Å². The maximum absolute atomic E-state index is 9.41. The molecule has 0 atom stereocenters. The summed E-state index contributed by atoms with van der Waals surface area (Å²) in [6.45, 7) is 0. The molecule has 0 fully saturated rings. The lowest BCUT2D eigenvalue weighted by Crippen LogP contribution is -1.72. The predicted octanol–water partition coefficient (Wildman–Crippen LogP) is 0.618. The predicted molar refractivity (Wildman–Crippen MR) is 25.6 cm³/mol. The average Bonchev–Trinajstić information content (AvgIpc) is 1.41. The van der Waals surface area contributed by atoms with Crippen LogP contribution < -0.4 is 0 Å². The lowest BCUT2D eigenvalue weighted by Gasteiger charge is -1.60. The fourth-order valence-corrected chi connectivity index (χ4v) is 0.694. The second-order valence-corrected chi connectivity index (χ2v) is 3.98. The van der Waals surface area contributed by atoms with Crippen LogP contribution in [0.15, 0.2) is 0 Å². The normalized spacial score (nSPS) is 5.80. The summed E-state index contributed by atoms with van der Waals surface area (Å²) in [5, 5.41) is 0. The molecule has 0 bridgehead atoms. The monoisotopic (exact) mass is 146 g/mol. The van der Waals surface area contributed by atoms with Crippen molar-refractivity contribution in [2.75, 3.05) is 0 Å². The molecule has 0 saturated heterocycles. The van der Waals surface area contributed by atoms with E-state index in [2.05, 4.69) is 12.9 Å². The second-order valence-electron chi connectivity index (χ2n) is 0.644. The van der Waals surface area contributed by atoms with E-state index >= 15 is 0 Å². The van der Waals surface area contributed by atoms with Crippen LogP contribution >= 0.6 is 12.9 Å². The molecule has 0 amide bonds. The van der Waals surface area contributed by atoms with Crippen LogP contribution in [0.5, 0.6) is 0 Å². The highest BCUT2D eigenvalue weighted by molar-refractivity contribution is 9.23. The number of rotatable bonds is 2. The van der Waals surface area contributed by atoms with Crippen molar-refractivity contribution < 1.29 is 4.79 Å².